The molecule has 0 spiro atoms. The third kappa shape index (κ3) is 2.28. The Hall–Kier alpha value is -1.90. The van der Waals surface area contributed by atoms with Crippen LogP contribution in [0.15, 0.2) is 29.1 Å². The Labute approximate surface area is 107 Å². The highest BCUT2D eigenvalue weighted by atomic mass is 35.5. The number of aromatic amines is 2. The maximum absolute atomic E-state index is 11.3. The minimum Gasteiger partial charge on any atom is -0.306 e. The Morgan fingerprint density at radius 2 is 1.88 bits per heavy atom. The van der Waals surface area contributed by atoms with Gasteiger partial charge in [0.25, 0.3) is 0 Å². The smallest absolute Gasteiger partial charge is 0.306 e. The fraction of sp³-hybridized carbons (Fsp3) is 0. The van der Waals surface area contributed by atoms with Gasteiger partial charge in [0.15, 0.2) is 0 Å². The second kappa shape index (κ2) is 4.53. The third-order valence-electron chi connectivity index (χ3n) is 2.19. The van der Waals surface area contributed by atoms with Crippen molar-refractivity contribution in [3.05, 3.63) is 50.0 Å². The number of aromatic nitrogens is 2. The summed E-state index contributed by atoms with van der Waals surface area (Å²) in [6.45, 7) is 0. The summed E-state index contributed by atoms with van der Waals surface area (Å²) in [6.07, 6.45) is 0. The summed E-state index contributed by atoms with van der Waals surface area (Å²) in [5.74, 6) is 0. The maximum Gasteiger partial charge on any atom is 0.324 e. The fourth-order valence-corrected chi connectivity index (χ4v) is 1.79. The van der Waals surface area contributed by atoms with Crippen LogP contribution in [0.25, 0.3) is 11.3 Å². The van der Waals surface area contributed by atoms with E-state index >= 15 is 0 Å². The number of hydrogen-bond donors (Lipinski definition) is 2. The highest BCUT2D eigenvalue weighted by Gasteiger charge is 2.08. The molecule has 0 unspecified atom stereocenters. The standard InChI is InChI=1S/C11H6ClN3OS/c12-7-3-1-6(2-4-7)9-8(5-13)10(17)15-11(16)14-9/h1-4H,(H2,14,15,16,17). The molecule has 0 bridgehead atoms. The molecule has 0 radical (unpaired) electrons. The summed E-state index contributed by atoms with van der Waals surface area (Å²) >= 11 is 10.7. The molecule has 0 saturated heterocycles. The van der Waals surface area contributed by atoms with Crippen molar-refractivity contribution in [1.82, 2.24) is 9.97 Å². The number of rotatable bonds is 1. The molecule has 0 fully saturated rings. The summed E-state index contributed by atoms with van der Waals surface area (Å²) in [5, 5.41) is 9.60. The van der Waals surface area contributed by atoms with E-state index in [1.54, 1.807) is 24.3 Å². The molecule has 1 aromatic carbocycles. The van der Waals surface area contributed by atoms with E-state index in [9.17, 15) is 4.79 Å². The van der Waals surface area contributed by atoms with E-state index in [1.165, 1.54) is 0 Å². The van der Waals surface area contributed by atoms with Crippen molar-refractivity contribution in [1.29, 1.82) is 5.26 Å². The zero-order chi connectivity index (χ0) is 12.4. The molecule has 0 aliphatic heterocycles. The summed E-state index contributed by atoms with van der Waals surface area (Å²) in [4.78, 5) is 16.2. The predicted octanol–water partition coefficient (Wildman–Crippen LogP) is 2.62. The third-order valence-corrected chi connectivity index (χ3v) is 2.75. The Kier molecular flexibility index (Phi) is 3.09. The van der Waals surface area contributed by atoms with Crippen molar-refractivity contribution in [2.24, 2.45) is 0 Å². The minimum atomic E-state index is -0.445. The molecule has 0 saturated carbocycles. The van der Waals surface area contributed by atoms with Gasteiger partial charge in [0.1, 0.15) is 16.3 Å². The van der Waals surface area contributed by atoms with Crippen LogP contribution in [0.4, 0.5) is 0 Å². The Bertz CT molecular complexity index is 709. The molecule has 2 rings (SSSR count). The molecule has 84 valence electrons. The largest absolute Gasteiger partial charge is 0.324 e. The molecular weight excluding hydrogens is 258 g/mol. The van der Waals surface area contributed by atoms with Gasteiger partial charge in [0, 0.05) is 5.02 Å². The zero-order valence-electron chi connectivity index (χ0n) is 8.45. The number of hydrogen-bond acceptors (Lipinski definition) is 3. The number of halogens is 1. The van der Waals surface area contributed by atoms with Crippen molar-refractivity contribution in [2.75, 3.05) is 0 Å². The molecule has 1 heterocycles. The highest BCUT2D eigenvalue weighted by molar-refractivity contribution is 7.71. The van der Waals surface area contributed by atoms with E-state index in [4.69, 9.17) is 29.1 Å². The van der Waals surface area contributed by atoms with Crippen molar-refractivity contribution in [2.45, 2.75) is 0 Å². The lowest BCUT2D eigenvalue weighted by Gasteiger charge is -2.03. The SMILES string of the molecule is N#Cc1c(-c2ccc(Cl)cc2)[nH]c(=O)[nH]c1=S. The Balaban J connectivity index is 2.75. The first-order valence-corrected chi connectivity index (χ1v) is 5.43. The topological polar surface area (TPSA) is 72.4 Å². The minimum absolute atomic E-state index is 0.126. The normalized spacial score (nSPS) is 9.88. The number of nitriles is 1. The molecule has 2 aromatic rings. The van der Waals surface area contributed by atoms with Crippen LogP contribution in [0.2, 0.25) is 5.02 Å². The average molecular weight is 264 g/mol. The van der Waals surface area contributed by atoms with E-state index < -0.39 is 5.69 Å². The van der Waals surface area contributed by atoms with Crippen LogP contribution in [0.3, 0.4) is 0 Å². The Morgan fingerprint density at radius 1 is 1.24 bits per heavy atom. The van der Waals surface area contributed by atoms with E-state index in [2.05, 4.69) is 9.97 Å². The van der Waals surface area contributed by atoms with E-state index in [0.29, 0.717) is 16.3 Å². The van der Waals surface area contributed by atoms with Crippen LogP contribution < -0.4 is 5.69 Å². The number of nitrogens with zero attached hydrogens (tertiary/aromatic N) is 1. The van der Waals surface area contributed by atoms with Crippen LogP contribution in [0.1, 0.15) is 5.56 Å². The quantitative estimate of drug-likeness (QED) is 0.777. The van der Waals surface area contributed by atoms with Crippen molar-refractivity contribution >= 4 is 23.8 Å². The number of H-pyrrole nitrogens is 2. The predicted molar refractivity (Wildman–Crippen MR) is 67.4 cm³/mol. The van der Waals surface area contributed by atoms with E-state index in [-0.39, 0.29) is 10.2 Å². The molecule has 0 aliphatic rings. The van der Waals surface area contributed by atoms with Crippen molar-refractivity contribution < 1.29 is 0 Å². The van der Waals surface area contributed by atoms with Gasteiger partial charge in [-0.1, -0.05) is 36.0 Å². The van der Waals surface area contributed by atoms with Crippen LogP contribution in [-0.2, 0) is 0 Å². The van der Waals surface area contributed by atoms with Gasteiger partial charge in [-0.25, -0.2) is 4.79 Å². The average Bonchev–Trinajstić information content (AvgIpc) is 2.29. The van der Waals surface area contributed by atoms with Crippen molar-refractivity contribution in [3.63, 3.8) is 0 Å². The van der Waals surface area contributed by atoms with Gasteiger partial charge < -0.3 is 4.98 Å². The molecule has 0 atom stereocenters. The van der Waals surface area contributed by atoms with Gasteiger partial charge in [0.2, 0.25) is 0 Å². The van der Waals surface area contributed by atoms with Crippen molar-refractivity contribution in [3.8, 4) is 17.3 Å². The molecule has 0 amide bonds. The summed E-state index contributed by atoms with van der Waals surface area (Å²) in [6, 6.07) is 8.74. The van der Waals surface area contributed by atoms with E-state index in [0.717, 1.165) is 0 Å². The highest BCUT2D eigenvalue weighted by Crippen LogP contribution is 2.21. The van der Waals surface area contributed by atoms with E-state index in [1.807, 2.05) is 6.07 Å². The Morgan fingerprint density at radius 3 is 2.47 bits per heavy atom. The molecule has 17 heavy (non-hydrogen) atoms. The first kappa shape index (κ1) is 11.6. The van der Waals surface area contributed by atoms with Gasteiger partial charge in [-0.3, -0.25) is 4.98 Å². The monoisotopic (exact) mass is 263 g/mol. The lowest BCUT2D eigenvalue weighted by Crippen LogP contribution is -2.13. The molecule has 0 aliphatic carbocycles. The molecule has 6 heteroatoms. The van der Waals surface area contributed by atoms with Gasteiger partial charge in [-0.15, -0.1) is 0 Å². The summed E-state index contributed by atoms with van der Waals surface area (Å²) in [5.41, 5.74) is 0.877. The number of benzene rings is 1. The lowest BCUT2D eigenvalue weighted by atomic mass is 10.1. The van der Waals surface area contributed by atoms with Crippen LogP contribution in [-0.4, -0.2) is 9.97 Å². The second-order valence-electron chi connectivity index (χ2n) is 3.28. The van der Waals surface area contributed by atoms with Gasteiger partial charge in [0.05, 0.1) is 5.69 Å². The first-order valence-electron chi connectivity index (χ1n) is 4.64. The van der Waals surface area contributed by atoms with Gasteiger partial charge in [-0.05, 0) is 17.7 Å². The fourth-order valence-electron chi connectivity index (χ4n) is 1.43. The van der Waals surface area contributed by atoms with Gasteiger partial charge >= 0.3 is 5.69 Å². The first-order chi connectivity index (χ1) is 8.11. The lowest BCUT2D eigenvalue weighted by molar-refractivity contribution is 1.06. The summed E-state index contributed by atoms with van der Waals surface area (Å²) < 4.78 is 0.126. The maximum atomic E-state index is 11.3. The van der Waals surface area contributed by atoms with Crippen LogP contribution in [0, 0.1) is 16.0 Å². The zero-order valence-corrected chi connectivity index (χ0v) is 10.0. The molecular formula is C11H6ClN3OS. The molecule has 1 aromatic heterocycles. The van der Waals surface area contributed by atoms with Crippen LogP contribution >= 0.6 is 23.8 Å². The molecule has 4 nitrogen and oxygen atoms in total. The van der Waals surface area contributed by atoms with Gasteiger partial charge in [-0.2, -0.15) is 5.26 Å². The second-order valence-corrected chi connectivity index (χ2v) is 4.12. The summed E-state index contributed by atoms with van der Waals surface area (Å²) in [7, 11) is 0. The number of nitrogens with one attached hydrogen (secondary N) is 2. The molecule has 2 N–H and O–H groups in total. The van der Waals surface area contributed by atoms with Crippen LogP contribution in [0.5, 0.6) is 0 Å².